The molecule has 116 valence electrons. The number of benzene rings is 1. The van der Waals surface area contributed by atoms with Crippen molar-refractivity contribution in [3.05, 3.63) is 29.8 Å². The van der Waals surface area contributed by atoms with Crippen LogP contribution in [0.25, 0.3) is 0 Å². The van der Waals surface area contributed by atoms with Crippen LogP contribution in [0, 0.1) is 11.3 Å². The van der Waals surface area contributed by atoms with Crippen LogP contribution in [-0.2, 0) is 21.2 Å². The second kappa shape index (κ2) is 8.78. The van der Waals surface area contributed by atoms with Gasteiger partial charge in [0.2, 0.25) is 10.0 Å². The first-order valence-electron chi connectivity index (χ1n) is 7.01. The Kier molecular flexibility index (Phi) is 7.37. The van der Waals surface area contributed by atoms with Crippen LogP contribution in [0.5, 0.6) is 0 Å². The number of aryl methyl sites for hydroxylation is 1. The zero-order valence-corrected chi connectivity index (χ0v) is 13.4. The Morgan fingerprint density at radius 3 is 2.43 bits per heavy atom. The van der Waals surface area contributed by atoms with Gasteiger partial charge < -0.3 is 4.74 Å². The van der Waals surface area contributed by atoms with E-state index < -0.39 is 10.0 Å². The number of hydrogen-bond acceptors (Lipinski definition) is 4. The molecule has 0 aliphatic rings. The summed E-state index contributed by atoms with van der Waals surface area (Å²) in [5.74, 6) is 0. The van der Waals surface area contributed by atoms with Crippen LogP contribution in [0.4, 0.5) is 0 Å². The maximum Gasteiger partial charge on any atom is 0.243 e. The smallest absolute Gasteiger partial charge is 0.243 e. The molecule has 1 rings (SSSR count). The van der Waals surface area contributed by atoms with E-state index in [0.717, 1.165) is 18.4 Å². The molecule has 0 amide bonds. The molecule has 6 heteroatoms. The quantitative estimate of drug-likeness (QED) is 0.701. The molecule has 0 aliphatic heterocycles. The molecular weight excluding hydrogens is 288 g/mol. The van der Waals surface area contributed by atoms with Crippen molar-refractivity contribution in [3.8, 4) is 6.07 Å². The Balaban J connectivity index is 2.95. The first-order chi connectivity index (χ1) is 10.1. The molecule has 0 aliphatic carbocycles. The molecule has 1 aromatic rings. The van der Waals surface area contributed by atoms with Gasteiger partial charge in [-0.2, -0.15) is 9.57 Å². The molecule has 0 radical (unpaired) electrons. The molecular formula is C15H22N2O3S. The molecule has 0 N–H and O–H groups in total. The van der Waals surface area contributed by atoms with Gasteiger partial charge in [-0.05, 0) is 24.1 Å². The van der Waals surface area contributed by atoms with Crippen LogP contribution in [0.1, 0.15) is 25.3 Å². The third kappa shape index (κ3) is 5.12. The minimum Gasteiger partial charge on any atom is -0.383 e. The number of methoxy groups -OCH3 is 1. The molecule has 0 heterocycles. The van der Waals surface area contributed by atoms with Crippen molar-refractivity contribution < 1.29 is 13.2 Å². The number of nitriles is 1. The molecule has 1 aromatic carbocycles. The monoisotopic (exact) mass is 310 g/mol. The Morgan fingerprint density at radius 1 is 1.24 bits per heavy atom. The molecule has 0 spiro atoms. The van der Waals surface area contributed by atoms with Gasteiger partial charge in [-0.25, -0.2) is 8.42 Å². The summed E-state index contributed by atoms with van der Waals surface area (Å²) in [4.78, 5) is 0.261. The van der Waals surface area contributed by atoms with Gasteiger partial charge in [-0.15, -0.1) is 0 Å². The molecule has 0 bridgehead atoms. The molecule has 0 atom stereocenters. The van der Waals surface area contributed by atoms with Crippen molar-refractivity contribution in [1.82, 2.24) is 4.31 Å². The maximum atomic E-state index is 12.6. The van der Waals surface area contributed by atoms with E-state index in [-0.39, 0.29) is 24.4 Å². The maximum absolute atomic E-state index is 12.6. The van der Waals surface area contributed by atoms with Crippen molar-refractivity contribution in [2.45, 2.75) is 31.1 Å². The van der Waals surface area contributed by atoms with Crippen molar-refractivity contribution in [3.63, 3.8) is 0 Å². The van der Waals surface area contributed by atoms with Crippen molar-refractivity contribution in [2.75, 3.05) is 26.8 Å². The van der Waals surface area contributed by atoms with Crippen LogP contribution >= 0.6 is 0 Å². The Morgan fingerprint density at radius 2 is 1.90 bits per heavy atom. The van der Waals surface area contributed by atoms with Gasteiger partial charge in [0.15, 0.2) is 0 Å². The van der Waals surface area contributed by atoms with E-state index in [2.05, 4.69) is 6.92 Å². The van der Waals surface area contributed by atoms with Gasteiger partial charge in [0.05, 0.1) is 17.6 Å². The molecule has 0 saturated heterocycles. The fourth-order valence-corrected chi connectivity index (χ4v) is 3.41. The normalized spacial score (nSPS) is 11.5. The van der Waals surface area contributed by atoms with Gasteiger partial charge in [0, 0.05) is 26.6 Å². The van der Waals surface area contributed by atoms with Crippen LogP contribution in [0.15, 0.2) is 29.2 Å². The fraction of sp³-hybridized carbons (Fsp3) is 0.533. The highest BCUT2D eigenvalue weighted by Crippen LogP contribution is 2.17. The van der Waals surface area contributed by atoms with Crippen molar-refractivity contribution >= 4 is 10.0 Å². The minimum absolute atomic E-state index is 0.164. The van der Waals surface area contributed by atoms with Crippen LogP contribution in [0.2, 0.25) is 0 Å². The van der Waals surface area contributed by atoms with E-state index in [1.165, 1.54) is 11.4 Å². The number of sulfonamides is 1. The lowest BCUT2D eigenvalue weighted by atomic mass is 10.1. The highest BCUT2D eigenvalue weighted by Gasteiger charge is 2.23. The van der Waals surface area contributed by atoms with Gasteiger partial charge in [0.1, 0.15) is 0 Å². The predicted molar refractivity (Wildman–Crippen MR) is 81.3 cm³/mol. The highest BCUT2D eigenvalue weighted by atomic mass is 32.2. The van der Waals surface area contributed by atoms with Gasteiger partial charge in [-0.3, -0.25) is 0 Å². The second-order valence-electron chi connectivity index (χ2n) is 4.70. The van der Waals surface area contributed by atoms with Gasteiger partial charge >= 0.3 is 0 Å². The standard InChI is InChI=1S/C15H22N2O3S/c1-3-5-14-6-8-15(9-7-14)21(18,19)17(11-4-10-16)12-13-20-2/h6-9H,3-5,11-13H2,1-2H3. The van der Waals surface area contributed by atoms with E-state index in [0.29, 0.717) is 6.61 Å². The highest BCUT2D eigenvalue weighted by molar-refractivity contribution is 7.89. The summed E-state index contributed by atoms with van der Waals surface area (Å²) in [6.07, 6.45) is 2.12. The second-order valence-corrected chi connectivity index (χ2v) is 6.64. The van der Waals surface area contributed by atoms with E-state index >= 15 is 0 Å². The lowest BCUT2D eigenvalue weighted by molar-refractivity contribution is 0.179. The first-order valence-corrected chi connectivity index (χ1v) is 8.45. The van der Waals surface area contributed by atoms with E-state index in [4.69, 9.17) is 10.00 Å². The third-order valence-corrected chi connectivity index (χ3v) is 5.03. The third-order valence-electron chi connectivity index (χ3n) is 3.12. The molecule has 5 nitrogen and oxygen atoms in total. The summed E-state index contributed by atoms with van der Waals surface area (Å²) in [6, 6.07) is 8.92. The Hall–Kier alpha value is -1.42. The average Bonchev–Trinajstić information content (AvgIpc) is 2.48. The van der Waals surface area contributed by atoms with E-state index in [1.54, 1.807) is 12.1 Å². The first kappa shape index (κ1) is 17.6. The molecule has 0 unspecified atom stereocenters. The van der Waals surface area contributed by atoms with E-state index in [9.17, 15) is 8.42 Å². The SMILES string of the molecule is CCCc1ccc(S(=O)(=O)N(CCC#N)CCOC)cc1. The summed E-state index contributed by atoms with van der Waals surface area (Å²) in [5.41, 5.74) is 1.12. The van der Waals surface area contributed by atoms with Gasteiger partial charge in [0.25, 0.3) is 0 Å². The van der Waals surface area contributed by atoms with Crippen LogP contribution in [-0.4, -0.2) is 39.5 Å². The lowest BCUT2D eigenvalue weighted by Crippen LogP contribution is -2.34. The summed E-state index contributed by atoms with van der Waals surface area (Å²) in [7, 11) is -2.05. The largest absolute Gasteiger partial charge is 0.383 e. The number of rotatable bonds is 9. The molecule has 0 saturated carbocycles. The summed E-state index contributed by atoms with van der Waals surface area (Å²) >= 11 is 0. The number of nitrogens with zero attached hydrogens (tertiary/aromatic N) is 2. The predicted octanol–water partition coefficient (Wildman–Crippen LogP) is 2.19. The Labute approximate surface area is 127 Å². The summed E-state index contributed by atoms with van der Waals surface area (Å²) < 4.78 is 31.4. The van der Waals surface area contributed by atoms with Crippen LogP contribution in [0.3, 0.4) is 0 Å². The van der Waals surface area contributed by atoms with Gasteiger partial charge in [-0.1, -0.05) is 25.5 Å². The average molecular weight is 310 g/mol. The molecule has 0 fully saturated rings. The zero-order valence-electron chi connectivity index (χ0n) is 12.6. The molecule has 21 heavy (non-hydrogen) atoms. The zero-order chi connectivity index (χ0) is 15.7. The fourth-order valence-electron chi connectivity index (χ4n) is 1.99. The molecule has 0 aromatic heterocycles. The number of ether oxygens (including phenoxy) is 1. The lowest BCUT2D eigenvalue weighted by Gasteiger charge is -2.21. The summed E-state index contributed by atoms with van der Waals surface area (Å²) in [6.45, 7) is 2.81. The minimum atomic E-state index is -3.58. The Bertz CT molecular complexity index is 562. The summed E-state index contributed by atoms with van der Waals surface area (Å²) in [5, 5.41) is 8.67. The van der Waals surface area contributed by atoms with Crippen LogP contribution < -0.4 is 0 Å². The number of hydrogen-bond donors (Lipinski definition) is 0. The van der Waals surface area contributed by atoms with E-state index in [1.807, 2.05) is 18.2 Å². The topological polar surface area (TPSA) is 70.4 Å². The van der Waals surface area contributed by atoms with Crippen molar-refractivity contribution in [1.29, 1.82) is 5.26 Å². The van der Waals surface area contributed by atoms with Crippen molar-refractivity contribution in [2.24, 2.45) is 0 Å².